The van der Waals surface area contributed by atoms with E-state index < -0.39 is 11.7 Å². The number of carbonyl (C=O) groups is 1. The SMILES string of the molecule is COc1cccc(C(=O)Nc2ccc(F)cc2C#N)c1. The maximum Gasteiger partial charge on any atom is 0.255 e. The highest BCUT2D eigenvalue weighted by Gasteiger charge is 2.10. The molecule has 2 aromatic rings. The maximum absolute atomic E-state index is 13.0. The van der Waals surface area contributed by atoms with Crippen molar-refractivity contribution in [2.45, 2.75) is 0 Å². The topological polar surface area (TPSA) is 62.1 Å². The zero-order chi connectivity index (χ0) is 14.5. The lowest BCUT2D eigenvalue weighted by Crippen LogP contribution is -2.13. The van der Waals surface area contributed by atoms with E-state index in [0.717, 1.165) is 6.07 Å². The molecule has 0 aliphatic rings. The summed E-state index contributed by atoms with van der Waals surface area (Å²) < 4.78 is 18.0. The van der Waals surface area contributed by atoms with Gasteiger partial charge in [0.1, 0.15) is 17.6 Å². The largest absolute Gasteiger partial charge is 0.497 e. The number of amides is 1. The summed E-state index contributed by atoms with van der Waals surface area (Å²) in [5, 5.41) is 11.5. The Morgan fingerprint density at radius 2 is 2.10 bits per heavy atom. The van der Waals surface area contributed by atoms with E-state index in [0.29, 0.717) is 11.3 Å². The predicted molar refractivity (Wildman–Crippen MR) is 72.1 cm³/mol. The Kier molecular flexibility index (Phi) is 3.96. The molecule has 2 aromatic carbocycles. The number of nitriles is 1. The van der Waals surface area contributed by atoms with Crippen LogP contribution in [-0.2, 0) is 0 Å². The number of benzene rings is 2. The monoisotopic (exact) mass is 270 g/mol. The Labute approximate surface area is 115 Å². The standard InChI is InChI=1S/C15H11FN2O2/c1-20-13-4-2-3-10(8-13)15(19)18-14-6-5-12(16)7-11(14)9-17/h2-8H,1H3,(H,18,19). The lowest BCUT2D eigenvalue weighted by atomic mass is 10.1. The van der Waals surface area contributed by atoms with Gasteiger partial charge in [0.15, 0.2) is 0 Å². The molecule has 0 atom stereocenters. The van der Waals surface area contributed by atoms with Crippen LogP contribution in [0.2, 0.25) is 0 Å². The van der Waals surface area contributed by atoms with Crippen molar-refractivity contribution in [3.05, 3.63) is 59.4 Å². The summed E-state index contributed by atoms with van der Waals surface area (Å²) in [5.41, 5.74) is 0.723. The van der Waals surface area contributed by atoms with Gasteiger partial charge in [-0.2, -0.15) is 5.26 Å². The molecule has 2 rings (SSSR count). The van der Waals surface area contributed by atoms with Crippen molar-refractivity contribution in [3.63, 3.8) is 0 Å². The molecule has 0 aliphatic carbocycles. The molecular formula is C15H11FN2O2. The normalized spacial score (nSPS) is 9.65. The molecule has 0 spiro atoms. The van der Waals surface area contributed by atoms with E-state index in [2.05, 4.69) is 5.32 Å². The van der Waals surface area contributed by atoms with Gasteiger partial charge in [-0.1, -0.05) is 6.07 Å². The summed E-state index contributed by atoms with van der Waals surface area (Å²) in [6, 6.07) is 12.0. The van der Waals surface area contributed by atoms with Crippen LogP contribution < -0.4 is 10.1 Å². The third kappa shape index (κ3) is 2.93. The molecule has 0 heterocycles. The number of halogens is 1. The zero-order valence-electron chi connectivity index (χ0n) is 10.7. The number of nitrogens with one attached hydrogen (secondary N) is 1. The van der Waals surface area contributed by atoms with Gasteiger partial charge in [0.2, 0.25) is 0 Å². The first-order valence-electron chi connectivity index (χ1n) is 5.79. The fourth-order valence-corrected chi connectivity index (χ4v) is 1.68. The zero-order valence-corrected chi connectivity index (χ0v) is 10.7. The average Bonchev–Trinajstić information content (AvgIpc) is 2.49. The van der Waals surface area contributed by atoms with E-state index in [9.17, 15) is 9.18 Å². The second-order valence-corrected chi connectivity index (χ2v) is 3.99. The number of nitrogens with zero attached hydrogens (tertiary/aromatic N) is 1. The van der Waals surface area contributed by atoms with Crippen LogP contribution in [0, 0.1) is 17.1 Å². The van der Waals surface area contributed by atoms with Gasteiger partial charge < -0.3 is 10.1 Å². The number of hydrogen-bond donors (Lipinski definition) is 1. The highest BCUT2D eigenvalue weighted by Crippen LogP contribution is 2.18. The van der Waals surface area contributed by atoms with Crippen LogP contribution in [0.4, 0.5) is 10.1 Å². The Hall–Kier alpha value is -2.87. The molecule has 0 bridgehead atoms. The van der Waals surface area contributed by atoms with Crippen molar-refractivity contribution >= 4 is 11.6 Å². The van der Waals surface area contributed by atoms with Crippen molar-refractivity contribution in [2.75, 3.05) is 12.4 Å². The Balaban J connectivity index is 2.26. The van der Waals surface area contributed by atoms with Crippen molar-refractivity contribution in [3.8, 4) is 11.8 Å². The molecule has 0 fully saturated rings. The van der Waals surface area contributed by atoms with Crippen molar-refractivity contribution in [1.82, 2.24) is 0 Å². The van der Waals surface area contributed by atoms with Gasteiger partial charge in [-0.3, -0.25) is 4.79 Å². The molecule has 0 aliphatic heterocycles. The van der Waals surface area contributed by atoms with Crippen LogP contribution >= 0.6 is 0 Å². The van der Waals surface area contributed by atoms with Crippen molar-refractivity contribution < 1.29 is 13.9 Å². The highest BCUT2D eigenvalue weighted by atomic mass is 19.1. The smallest absolute Gasteiger partial charge is 0.255 e. The van der Waals surface area contributed by atoms with E-state index in [1.807, 2.05) is 6.07 Å². The van der Waals surface area contributed by atoms with Crippen molar-refractivity contribution in [1.29, 1.82) is 5.26 Å². The molecule has 0 saturated carbocycles. The summed E-state index contributed by atoms with van der Waals surface area (Å²) in [6.45, 7) is 0. The summed E-state index contributed by atoms with van der Waals surface area (Å²) in [6.07, 6.45) is 0. The fourth-order valence-electron chi connectivity index (χ4n) is 1.68. The number of carbonyl (C=O) groups excluding carboxylic acids is 1. The van der Waals surface area contributed by atoms with Gasteiger partial charge in [0, 0.05) is 5.56 Å². The average molecular weight is 270 g/mol. The second kappa shape index (κ2) is 5.85. The van der Waals surface area contributed by atoms with E-state index in [1.165, 1.54) is 19.2 Å². The quantitative estimate of drug-likeness (QED) is 0.932. The van der Waals surface area contributed by atoms with E-state index in [1.54, 1.807) is 24.3 Å². The number of rotatable bonds is 3. The Morgan fingerprint density at radius 1 is 1.30 bits per heavy atom. The molecule has 20 heavy (non-hydrogen) atoms. The summed E-state index contributed by atoms with van der Waals surface area (Å²) >= 11 is 0. The molecule has 0 radical (unpaired) electrons. The minimum absolute atomic E-state index is 0.0706. The molecule has 0 saturated heterocycles. The van der Waals surface area contributed by atoms with E-state index in [4.69, 9.17) is 10.00 Å². The van der Waals surface area contributed by atoms with E-state index in [-0.39, 0.29) is 11.3 Å². The van der Waals surface area contributed by atoms with Crippen LogP contribution in [0.5, 0.6) is 5.75 Å². The number of ether oxygens (including phenoxy) is 1. The molecule has 1 N–H and O–H groups in total. The molecule has 4 nitrogen and oxygen atoms in total. The Morgan fingerprint density at radius 3 is 2.80 bits per heavy atom. The summed E-state index contributed by atoms with van der Waals surface area (Å²) in [4.78, 5) is 12.1. The summed E-state index contributed by atoms with van der Waals surface area (Å²) in [7, 11) is 1.50. The van der Waals surface area contributed by atoms with Crippen LogP contribution in [0.1, 0.15) is 15.9 Å². The van der Waals surface area contributed by atoms with Crippen molar-refractivity contribution in [2.24, 2.45) is 0 Å². The fraction of sp³-hybridized carbons (Fsp3) is 0.0667. The van der Waals surface area contributed by atoms with E-state index >= 15 is 0 Å². The van der Waals surface area contributed by atoms with Gasteiger partial charge in [-0.25, -0.2) is 4.39 Å². The first kappa shape index (κ1) is 13.6. The Bertz CT molecular complexity index is 693. The number of hydrogen-bond acceptors (Lipinski definition) is 3. The lowest BCUT2D eigenvalue weighted by Gasteiger charge is -2.08. The van der Waals surface area contributed by atoms with Crippen LogP contribution in [0.25, 0.3) is 0 Å². The van der Waals surface area contributed by atoms with Gasteiger partial charge in [-0.05, 0) is 36.4 Å². The number of methoxy groups -OCH3 is 1. The van der Waals surface area contributed by atoms with Crippen LogP contribution in [-0.4, -0.2) is 13.0 Å². The molecule has 5 heteroatoms. The number of anilines is 1. The lowest BCUT2D eigenvalue weighted by molar-refractivity contribution is 0.102. The summed E-state index contributed by atoms with van der Waals surface area (Å²) in [5.74, 6) is -0.370. The minimum Gasteiger partial charge on any atom is -0.497 e. The van der Waals surface area contributed by atoms with Gasteiger partial charge in [0.05, 0.1) is 18.4 Å². The first-order chi connectivity index (χ1) is 9.63. The minimum atomic E-state index is -0.527. The van der Waals surface area contributed by atoms with Gasteiger partial charge in [0.25, 0.3) is 5.91 Å². The van der Waals surface area contributed by atoms with Gasteiger partial charge >= 0.3 is 0 Å². The molecule has 1 amide bonds. The molecule has 0 aromatic heterocycles. The van der Waals surface area contributed by atoms with Gasteiger partial charge in [-0.15, -0.1) is 0 Å². The van der Waals surface area contributed by atoms with Crippen LogP contribution in [0.3, 0.4) is 0 Å². The maximum atomic E-state index is 13.0. The highest BCUT2D eigenvalue weighted by molar-refractivity contribution is 6.05. The molecular weight excluding hydrogens is 259 g/mol. The third-order valence-electron chi connectivity index (χ3n) is 2.68. The first-order valence-corrected chi connectivity index (χ1v) is 5.79. The second-order valence-electron chi connectivity index (χ2n) is 3.99. The third-order valence-corrected chi connectivity index (χ3v) is 2.68. The predicted octanol–water partition coefficient (Wildman–Crippen LogP) is 2.96. The molecule has 100 valence electrons. The molecule has 0 unspecified atom stereocenters. The van der Waals surface area contributed by atoms with Crippen LogP contribution in [0.15, 0.2) is 42.5 Å².